The van der Waals surface area contributed by atoms with Gasteiger partial charge in [0.15, 0.2) is 0 Å². The summed E-state index contributed by atoms with van der Waals surface area (Å²) in [4.78, 5) is 2.54. The molecule has 0 aromatic heterocycles. The van der Waals surface area contributed by atoms with Gasteiger partial charge in [0.2, 0.25) is 0 Å². The van der Waals surface area contributed by atoms with Crippen molar-refractivity contribution in [2.45, 2.75) is 68.9 Å². The lowest BCUT2D eigenvalue weighted by atomic mass is 9.71. The zero-order chi connectivity index (χ0) is 27.3. The summed E-state index contributed by atoms with van der Waals surface area (Å²) < 4.78 is 6.39. The molecule has 2 nitrogen and oxygen atoms in total. The fourth-order valence-electron chi connectivity index (χ4n) is 8.09. The number of para-hydroxylation sites is 1. The fourth-order valence-corrected chi connectivity index (χ4v) is 8.09. The highest BCUT2D eigenvalue weighted by Gasteiger charge is 2.41. The smallest absolute Gasteiger partial charge is 0.123 e. The first-order chi connectivity index (χ1) is 20.2. The van der Waals surface area contributed by atoms with Crippen LogP contribution in [0.15, 0.2) is 126 Å². The molecule has 0 saturated carbocycles. The molecule has 4 aliphatic carbocycles. The summed E-state index contributed by atoms with van der Waals surface area (Å²) >= 11 is 0. The Morgan fingerprint density at radius 3 is 2.54 bits per heavy atom. The molecule has 0 radical (unpaired) electrons. The third-order valence-electron chi connectivity index (χ3n) is 10.5. The van der Waals surface area contributed by atoms with Crippen LogP contribution in [0.25, 0.3) is 10.8 Å². The van der Waals surface area contributed by atoms with Gasteiger partial charge in [0.1, 0.15) is 11.9 Å². The summed E-state index contributed by atoms with van der Waals surface area (Å²) in [6.07, 6.45) is 23.1. The predicted molar refractivity (Wildman–Crippen MR) is 169 cm³/mol. The number of nitrogens with zero attached hydrogens (tertiary/aromatic N) is 1. The van der Waals surface area contributed by atoms with Crippen LogP contribution >= 0.6 is 0 Å². The maximum atomic E-state index is 6.39. The second-order valence-electron chi connectivity index (χ2n) is 12.7. The van der Waals surface area contributed by atoms with E-state index in [-0.39, 0.29) is 0 Å². The summed E-state index contributed by atoms with van der Waals surface area (Å²) in [5.41, 5.74) is 9.07. The largest absolute Gasteiger partial charge is 0.489 e. The van der Waals surface area contributed by atoms with Crippen molar-refractivity contribution in [3.05, 3.63) is 137 Å². The first kappa shape index (κ1) is 25.0. The van der Waals surface area contributed by atoms with Crippen LogP contribution in [0.1, 0.15) is 67.9 Å². The highest BCUT2D eigenvalue weighted by atomic mass is 16.5. The van der Waals surface area contributed by atoms with Crippen LogP contribution in [0.2, 0.25) is 0 Å². The monoisotopic (exact) mass is 537 g/mol. The molecule has 0 fully saturated rings. The molecular formula is C39H39NO. The number of benzene rings is 3. The molecular weight excluding hydrogens is 498 g/mol. The van der Waals surface area contributed by atoms with Crippen molar-refractivity contribution in [3.8, 4) is 5.75 Å². The Kier molecular flexibility index (Phi) is 6.24. The number of hydrogen-bond donors (Lipinski definition) is 0. The van der Waals surface area contributed by atoms with Gasteiger partial charge in [0, 0.05) is 30.1 Å². The molecule has 0 N–H and O–H groups in total. The molecule has 1 heterocycles. The molecule has 0 bridgehead atoms. The van der Waals surface area contributed by atoms with E-state index in [4.69, 9.17) is 4.74 Å². The minimum absolute atomic E-state index is 0.316. The van der Waals surface area contributed by atoms with Gasteiger partial charge in [-0.15, -0.1) is 0 Å². The van der Waals surface area contributed by atoms with Gasteiger partial charge in [-0.05, 0) is 84.4 Å². The molecule has 3 aromatic rings. The van der Waals surface area contributed by atoms with Gasteiger partial charge in [0.25, 0.3) is 0 Å². The van der Waals surface area contributed by atoms with Crippen molar-refractivity contribution >= 4 is 10.8 Å². The molecule has 2 heteroatoms. The van der Waals surface area contributed by atoms with Gasteiger partial charge < -0.3 is 9.64 Å². The molecule has 206 valence electrons. The van der Waals surface area contributed by atoms with Crippen molar-refractivity contribution in [2.24, 2.45) is 5.92 Å². The number of ether oxygens (including phenoxy) is 1. The standard InChI is InChI=1S/C39H39NO/c1-40(33-19-14-27(15-20-33)31-12-10-26-6-2-3-7-30(26)24-31)34-21-16-28(17-22-34)32-13-11-29-18-23-38-39(36(29)25-32)35-8-4-5-9-37(35)41-38/h2-13,16-17,19,21,24,27,32,34,38-39H,14-15,18,20,22-23,25H2,1H3. The third kappa shape index (κ3) is 4.49. The average Bonchev–Trinajstić information content (AvgIpc) is 3.43. The molecule has 41 heavy (non-hydrogen) atoms. The number of rotatable bonds is 4. The third-order valence-corrected chi connectivity index (χ3v) is 10.5. The maximum Gasteiger partial charge on any atom is 0.123 e. The highest BCUT2D eigenvalue weighted by Crippen LogP contribution is 2.52. The predicted octanol–water partition coefficient (Wildman–Crippen LogP) is 9.39. The van der Waals surface area contributed by atoms with Crippen molar-refractivity contribution in [1.29, 1.82) is 0 Å². The second kappa shape index (κ2) is 10.2. The van der Waals surface area contributed by atoms with E-state index in [1.165, 1.54) is 39.6 Å². The van der Waals surface area contributed by atoms with Crippen LogP contribution in [-0.4, -0.2) is 24.1 Å². The van der Waals surface area contributed by atoms with Crippen LogP contribution in [0.4, 0.5) is 0 Å². The van der Waals surface area contributed by atoms with Crippen LogP contribution in [0, 0.1) is 5.92 Å². The molecule has 8 rings (SSSR count). The van der Waals surface area contributed by atoms with Crippen molar-refractivity contribution in [1.82, 2.24) is 4.90 Å². The Labute approximate surface area is 244 Å². The molecule has 0 spiro atoms. The van der Waals surface area contributed by atoms with Crippen LogP contribution in [-0.2, 0) is 0 Å². The van der Waals surface area contributed by atoms with Crippen LogP contribution < -0.4 is 4.74 Å². The molecule has 1 aliphatic heterocycles. The van der Waals surface area contributed by atoms with Gasteiger partial charge >= 0.3 is 0 Å². The van der Waals surface area contributed by atoms with Crippen molar-refractivity contribution < 1.29 is 4.74 Å². The van der Waals surface area contributed by atoms with Gasteiger partial charge in [-0.2, -0.15) is 0 Å². The van der Waals surface area contributed by atoms with Gasteiger partial charge in [-0.3, -0.25) is 0 Å². The molecule has 5 unspecified atom stereocenters. The quantitative estimate of drug-likeness (QED) is 0.329. The van der Waals surface area contributed by atoms with E-state index >= 15 is 0 Å². The van der Waals surface area contributed by atoms with E-state index < -0.39 is 0 Å². The molecule has 0 saturated heterocycles. The lowest BCUT2D eigenvalue weighted by molar-refractivity contribution is 0.195. The van der Waals surface area contributed by atoms with Gasteiger partial charge in [-0.1, -0.05) is 103 Å². The topological polar surface area (TPSA) is 12.5 Å². The first-order valence-corrected chi connectivity index (χ1v) is 15.7. The van der Waals surface area contributed by atoms with Crippen molar-refractivity contribution in [3.63, 3.8) is 0 Å². The van der Waals surface area contributed by atoms with Gasteiger partial charge in [-0.25, -0.2) is 0 Å². The number of likely N-dealkylation sites (N-methyl/N-ethyl adjacent to an activating group) is 1. The van der Waals surface area contributed by atoms with E-state index in [9.17, 15) is 0 Å². The number of allylic oxidation sites excluding steroid dienone is 7. The van der Waals surface area contributed by atoms with E-state index in [1.54, 1.807) is 11.1 Å². The lowest BCUT2D eigenvalue weighted by Gasteiger charge is -2.36. The van der Waals surface area contributed by atoms with E-state index in [2.05, 4.69) is 115 Å². The van der Waals surface area contributed by atoms with Crippen LogP contribution in [0.3, 0.4) is 0 Å². The maximum absolute atomic E-state index is 6.39. The average molecular weight is 538 g/mol. The summed E-state index contributed by atoms with van der Waals surface area (Å²) in [5, 5.41) is 2.69. The first-order valence-electron chi connectivity index (χ1n) is 15.7. The molecule has 0 amide bonds. The van der Waals surface area contributed by atoms with E-state index in [0.29, 0.717) is 29.9 Å². The summed E-state index contributed by atoms with van der Waals surface area (Å²) in [6.45, 7) is 0. The Hall–Kier alpha value is -3.78. The van der Waals surface area contributed by atoms with Crippen molar-refractivity contribution in [2.75, 3.05) is 7.05 Å². The summed E-state index contributed by atoms with van der Waals surface area (Å²) in [7, 11) is 2.30. The molecule has 5 aliphatic rings. The zero-order valence-electron chi connectivity index (χ0n) is 24.0. The minimum Gasteiger partial charge on any atom is -0.489 e. The van der Waals surface area contributed by atoms with E-state index in [1.807, 2.05) is 0 Å². The Morgan fingerprint density at radius 2 is 1.68 bits per heavy atom. The van der Waals surface area contributed by atoms with Crippen LogP contribution in [0.5, 0.6) is 5.75 Å². The highest BCUT2D eigenvalue weighted by molar-refractivity contribution is 5.83. The lowest BCUT2D eigenvalue weighted by Crippen LogP contribution is -2.32. The SMILES string of the molecule is CN(C1=CCC(c2ccc3ccccc3c2)CC1)C1C=CC(C2C=CC3=C(C2)C2c4ccccc4OC2CC3)=CC1. The second-order valence-corrected chi connectivity index (χ2v) is 12.7. The number of fused-ring (bicyclic) bond motifs is 5. The summed E-state index contributed by atoms with van der Waals surface area (Å²) in [5.74, 6) is 2.63. The zero-order valence-corrected chi connectivity index (χ0v) is 24.0. The fraction of sp³-hybridized carbons (Fsp3) is 0.333. The minimum atomic E-state index is 0.316. The normalized spacial score (nSPS) is 28.4. The number of hydrogen-bond acceptors (Lipinski definition) is 2. The Bertz CT molecular complexity index is 1650. The summed E-state index contributed by atoms with van der Waals surface area (Å²) in [6, 6.07) is 24.9. The van der Waals surface area contributed by atoms with Gasteiger partial charge in [0.05, 0.1) is 6.04 Å². The molecule has 5 atom stereocenters. The Morgan fingerprint density at radius 1 is 0.805 bits per heavy atom. The Balaban J connectivity index is 0.922. The molecule has 3 aromatic carbocycles. The van der Waals surface area contributed by atoms with E-state index in [0.717, 1.165) is 44.3 Å².